The van der Waals surface area contributed by atoms with Crippen LogP contribution in [0.25, 0.3) is 27.3 Å². The molecule has 0 amide bonds. The first-order chi connectivity index (χ1) is 18.1. The number of aryl methyl sites for hydroxylation is 3. The Kier molecular flexibility index (Phi) is 6.56. The second-order valence-corrected chi connectivity index (χ2v) is 11.2. The molecule has 0 spiro atoms. The number of ether oxygens (including phenoxy) is 1. The lowest BCUT2D eigenvalue weighted by atomic mass is 9.97. The van der Waals surface area contributed by atoms with E-state index in [-0.39, 0.29) is 5.56 Å². The van der Waals surface area contributed by atoms with Crippen molar-refractivity contribution in [2.24, 2.45) is 0 Å². The van der Waals surface area contributed by atoms with E-state index < -0.39 is 0 Å². The Labute approximate surface area is 223 Å². The van der Waals surface area contributed by atoms with Crippen molar-refractivity contribution < 1.29 is 4.74 Å². The predicted octanol–water partition coefficient (Wildman–Crippen LogP) is 6.11. The van der Waals surface area contributed by atoms with Gasteiger partial charge in [0.15, 0.2) is 11.0 Å². The van der Waals surface area contributed by atoms with Crippen LogP contribution >= 0.6 is 23.1 Å². The highest BCUT2D eigenvalue weighted by molar-refractivity contribution is 7.98. The van der Waals surface area contributed by atoms with E-state index >= 15 is 0 Å². The first-order valence-electron chi connectivity index (χ1n) is 12.5. The summed E-state index contributed by atoms with van der Waals surface area (Å²) in [6.07, 6.45) is 4.35. The molecular weight excluding hydrogens is 502 g/mol. The number of thiophene rings is 1. The largest absolute Gasteiger partial charge is 0.494 e. The van der Waals surface area contributed by atoms with Crippen molar-refractivity contribution in [3.63, 3.8) is 0 Å². The second-order valence-electron chi connectivity index (χ2n) is 9.13. The van der Waals surface area contributed by atoms with Crippen LogP contribution in [0.15, 0.2) is 58.5 Å². The molecule has 0 saturated carbocycles. The van der Waals surface area contributed by atoms with Gasteiger partial charge in [-0.3, -0.25) is 9.36 Å². The minimum atomic E-state index is -0.0339. The fourth-order valence-electron chi connectivity index (χ4n) is 4.84. The lowest BCUT2D eigenvalue weighted by Gasteiger charge is -2.12. The first kappa shape index (κ1) is 23.9. The molecule has 0 saturated heterocycles. The zero-order valence-corrected chi connectivity index (χ0v) is 22.4. The van der Waals surface area contributed by atoms with Crippen molar-refractivity contribution in [2.75, 3.05) is 6.61 Å². The Morgan fingerprint density at radius 1 is 1.11 bits per heavy atom. The fourth-order valence-corrected chi connectivity index (χ4v) is 6.94. The molecule has 3 heterocycles. The molecule has 0 fully saturated rings. The van der Waals surface area contributed by atoms with Crippen LogP contribution in [-0.2, 0) is 18.6 Å². The Hall–Kier alpha value is -3.43. The molecule has 1 aliphatic rings. The highest BCUT2D eigenvalue weighted by Crippen LogP contribution is 2.34. The molecule has 3 aromatic heterocycles. The van der Waals surface area contributed by atoms with Gasteiger partial charge in [0.1, 0.15) is 16.4 Å². The van der Waals surface area contributed by atoms with Gasteiger partial charge in [-0.15, -0.1) is 21.5 Å². The van der Waals surface area contributed by atoms with E-state index in [4.69, 9.17) is 9.72 Å². The first-order valence-corrected chi connectivity index (χ1v) is 14.3. The molecule has 0 aliphatic heterocycles. The van der Waals surface area contributed by atoms with Crippen molar-refractivity contribution in [2.45, 2.75) is 50.4 Å². The molecule has 5 aromatic rings. The molecule has 0 bridgehead atoms. The number of benzene rings is 2. The van der Waals surface area contributed by atoms with Crippen molar-refractivity contribution in [1.82, 2.24) is 24.7 Å². The number of hydrogen-bond acceptors (Lipinski definition) is 7. The molecule has 7 nitrogen and oxygen atoms in total. The van der Waals surface area contributed by atoms with Crippen LogP contribution in [0.2, 0.25) is 0 Å². The molecule has 6 rings (SSSR count). The van der Waals surface area contributed by atoms with Crippen LogP contribution in [0, 0.1) is 6.92 Å². The van der Waals surface area contributed by atoms with Gasteiger partial charge in [0.05, 0.1) is 17.7 Å². The van der Waals surface area contributed by atoms with Gasteiger partial charge in [-0.1, -0.05) is 35.5 Å². The van der Waals surface area contributed by atoms with Crippen LogP contribution in [0.3, 0.4) is 0 Å². The Bertz CT molecular complexity index is 1640. The predicted molar refractivity (Wildman–Crippen MR) is 149 cm³/mol. The van der Waals surface area contributed by atoms with Crippen molar-refractivity contribution in [3.05, 3.63) is 80.7 Å². The minimum Gasteiger partial charge on any atom is -0.494 e. The minimum absolute atomic E-state index is 0.0339. The summed E-state index contributed by atoms with van der Waals surface area (Å²) in [5, 5.41) is 10.6. The molecule has 188 valence electrons. The van der Waals surface area contributed by atoms with E-state index in [0.29, 0.717) is 18.2 Å². The van der Waals surface area contributed by atoms with Crippen LogP contribution in [0.4, 0.5) is 0 Å². The molecule has 1 aliphatic carbocycles. The number of aromatic nitrogens is 5. The van der Waals surface area contributed by atoms with Gasteiger partial charge >= 0.3 is 0 Å². The van der Waals surface area contributed by atoms with Gasteiger partial charge in [0.25, 0.3) is 5.56 Å². The summed E-state index contributed by atoms with van der Waals surface area (Å²) < 4.78 is 7.69. The van der Waals surface area contributed by atoms with Crippen LogP contribution < -0.4 is 10.3 Å². The number of nitrogens with zero attached hydrogens (tertiary/aromatic N) is 4. The molecule has 37 heavy (non-hydrogen) atoms. The molecule has 2 aromatic carbocycles. The zero-order valence-electron chi connectivity index (χ0n) is 20.8. The molecular formula is C28H27N5O2S2. The van der Waals surface area contributed by atoms with Crippen molar-refractivity contribution in [1.29, 1.82) is 0 Å². The van der Waals surface area contributed by atoms with Gasteiger partial charge in [-0.2, -0.15) is 0 Å². The van der Waals surface area contributed by atoms with E-state index in [2.05, 4.69) is 38.8 Å². The van der Waals surface area contributed by atoms with Crippen molar-refractivity contribution in [3.8, 4) is 22.8 Å². The summed E-state index contributed by atoms with van der Waals surface area (Å²) in [5.74, 6) is 2.72. The molecule has 0 atom stereocenters. The third kappa shape index (κ3) is 4.69. The standard InChI is InChI=1S/C28H27N5O2S2/c1-3-35-20-13-11-19(12-14-20)33-25(18-8-6-7-17(2)15-18)31-32-28(33)36-16-23-29-26(34)24-21-9-4-5-10-22(21)37-27(24)30-23/h6-8,11-15H,3-5,9-10,16H2,1-2H3,(H,29,30,34). The van der Waals surface area contributed by atoms with E-state index in [9.17, 15) is 4.79 Å². The van der Waals surface area contributed by atoms with Crippen LogP contribution in [-0.4, -0.2) is 31.3 Å². The van der Waals surface area contributed by atoms with Gasteiger partial charge in [0.2, 0.25) is 0 Å². The summed E-state index contributed by atoms with van der Waals surface area (Å²) in [6.45, 7) is 4.65. The highest BCUT2D eigenvalue weighted by Gasteiger charge is 2.21. The number of nitrogens with one attached hydrogen (secondary N) is 1. The third-order valence-electron chi connectivity index (χ3n) is 6.53. The van der Waals surface area contributed by atoms with Crippen LogP contribution in [0.1, 0.15) is 41.6 Å². The summed E-state index contributed by atoms with van der Waals surface area (Å²) >= 11 is 3.18. The maximum Gasteiger partial charge on any atom is 0.259 e. The number of aromatic amines is 1. The van der Waals surface area contributed by atoms with Gasteiger partial charge < -0.3 is 9.72 Å². The fraction of sp³-hybridized carbons (Fsp3) is 0.286. The van der Waals surface area contributed by atoms with Crippen molar-refractivity contribution >= 4 is 33.3 Å². The lowest BCUT2D eigenvalue weighted by molar-refractivity contribution is 0.340. The van der Waals surface area contributed by atoms with E-state index in [1.54, 1.807) is 11.3 Å². The number of rotatable bonds is 7. The number of thioether (sulfide) groups is 1. The molecule has 0 unspecified atom stereocenters. The lowest BCUT2D eigenvalue weighted by Crippen LogP contribution is -2.12. The van der Waals surface area contributed by atoms with E-state index in [0.717, 1.165) is 63.0 Å². The topological polar surface area (TPSA) is 85.7 Å². The SMILES string of the molecule is CCOc1ccc(-n2c(SCc3nc4sc5c(c4c(=O)[nH]3)CCCC5)nnc2-c2cccc(C)c2)cc1. The maximum absolute atomic E-state index is 13.0. The number of fused-ring (bicyclic) bond motifs is 3. The average Bonchev–Trinajstić information content (AvgIpc) is 3.50. The van der Waals surface area contributed by atoms with Gasteiger partial charge in [0, 0.05) is 16.1 Å². The Morgan fingerprint density at radius 2 is 1.95 bits per heavy atom. The summed E-state index contributed by atoms with van der Waals surface area (Å²) in [4.78, 5) is 23.0. The Balaban J connectivity index is 1.35. The highest BCUT2D eigenvalue weighted by atomic mass is 32.2. The van der Waals surface area contributed by atoms with E-state index in [1.807, 2.05) is 43.3 Å². The monoisotopic (exact) mass is 529 g/mol. The summed E-state index contributed by atoms with van der Waals surface area (Å²) in [6, 6.07) is 16.2. The number of H-pyrrole nitrogens is 1. The molecule has 9 heteroatoms. The summed E-state index contributed by atoms with van der Waals surface area (Å²) in [7, 11) is 0. The van der Waals surface area contributed by atoms with Gasteiger partial charge in [-0.05, 0) is 75.4 Å². The van der Waals surface area contributed by atoms with Crippen LogP contribution in [0.5, 0.6) is 5.75 Å². The normalized spacial score (nSPS) is 13.1. The molecule has 0 radical (unpaired) electrons. The summed E-state index contributed by atoms with van der Waals surface area (Å²) in [5.41, 5.74) is 4.26. The Morgan fingerprint density at radius 3 is 2.76 bits per heavy atom. The second kappa shape index (κ2) is 10.1. The quantitative estimate of drug-likeness (QED) is 0.256. The maximum atomic E-state index is 13.0. The van der Waals surface area contributed by atoms with E-state index in [1.165, 1.54) is 28.6 Å². The molecule has 1 N–H and O–H groups in total. The third-order valence-corrected chi connectivity index (χ3v) is 8.65. The zero-order chi connectivity index (χ0) is 25.4. The smallest absolute Gasteiger partial charge is 0.259 e. The average molecular weight is 530 g/mol. The number of hydrogen-bond donors (Lipinski definition) is 1. The van der Waals surface area contributed by atoms with Gasteiger partial charge in [-0.25, -0.2) is 4.98 Å².